The maximum Gasteiger partial charge on any atom is 0.257 e. The Morgan fingerprint density at radius 2 is 2.21 bits per heavy atom. The standard InChI is InChI=1S/C17H18BrFN2O2S/c18-11-5-6-14(12(19)9-11)23-10-16(22)20-8-7-17-21-13-3-1-2-4-15(13)24-17/h5-6,9H,1-4,7-8,10H2,(H,20,22). The Morgan fingerprint density at radius 1 is 1.38 bits per heavy atom. The van der Waals surface area contributed by atoms with Gasteiger partial charge >= 0.3 is 0 Å². The summed E-state index contributed by atoms with van der Waals surface area (Å²) in [4.78, 5) is 17.8. The van der Waals surface area contributed by atoms with Gasteiger partial charge in [-0.25, -0.2) is 9.37 Å². The number of thiazole rings is 1. The van der Waals surface area contributed by atoms with E-state index < -0.39 is 5.82 Å². The van der Waals surface area contributed by atoms with Gasteiger partial charge in [0.05, 0.1) is 10.7 Å². The highest BCUT2D eigenvalue weighted by atomic mass is 79.9. The summed E-state index contributed by atoms with van der Waals surface area (Å²) in [5.41, 5.74) is 1.24. The third kappa shape index (κ3) is 4.54. The third-order valence-electron chi connectivity index (χ3n) is 3.80. The summed E-state index contributed by atoms with van der Waals surface area (Å²) in [6, 6.07) is 4.46. The zero-order valence-electron chi connectivity index (χ0n) is 13.1. The molecule has 0 aliphatic heterocycles. The van der Waals surface area contributed by atoms with Crippen LogP contribution in [0.3, 0.4) is 0 Å². The van der Waals surface area contributed by atoms with Crippen LogP contribution < -0.4 is 10.1 Å². The van der Waals surface area contributed by atoms with Crippen LogP contribution in [0.5, 0.6) is 5.75 Å². The van der Waals surface area contributed by atoms with Gasteiger partial charge in [0.15, 0.2) is 18.2 Å². The summed E-state index contributed by atoms with van der Waals surface area (Å²) in [5, 5.41) is 3.85. The molecule has 1 aromatic carbocycles. The van der Waals surface area contributed by atoms with E-state index in [0.717, 1.165) is 24.3 Å². The molecule has 1 amide bonds. The summed E-state index contributed by atoms with van der Waals surface area (Å²) in [6.07, 6.45) is 5.39. The van der Waals surface area contributed by atoms with Crippen molar-refractivity contribution in [2.75, 3.05) is 13.2 Å². The summed E-state index contributed by atoms with van der Waals surface area (Å²) < 4.78 is 19.4. The van der Waals surface area contributed by atoms with Crippen molar-refractivity contribution in [3.05, 3.63) is 44.1 Å². The topological polar surface area (TPSA) is 51.2 Å². The second-order valence-corrected chi connectivity index (χ2v) is 7.73. The van der Waals surface area contributed by atoms with Crippen LogP contribution in [0.15, 0.2) is 22.7 Å². The van der Waals surface area contributed by atoms with Gasteiger partial charge in [-0.2, -0.15) is 0 Å². The maximum atomic E-state index is 13.6. The number of benzene rings is 1. The normalized spacial score (nSPS) is 13.4. The first-order valence-electron chi connectivity index (χ1n) is 7.94. The van der Waals surface area contributed by atoms with Crippen molar-refractivity contribution < 1.29 is 13.9 Å². The summed E-state index contributed by atoms with van der Waals surface area (Å²) in [5.74, 6) is -0.690. The molecule has 1 N–H and O–H groups in total. The third-order valence-corrected chi connectivity index (χ3v) is 5.51. The smallest absolute Gasteiger partial charge is 0.257 e. The molecule has 24 heavy (non-hydrogen) atoms. The Bertz CT molecular complexity index is 712. The van der Waals surface area contributed by atoms with Gasteiger partial charge in [-0.05, 0) is 43.9 Å². The minimum absolute atomic E-state index is 0.0703. The molecule has 1 aromatic heterocycles. The highest BCUT2D eigenvalue weighted by Crippen LogP contribution is 2.26. The predicted molar refractivity (Wildman–Crippen MR) is 95.1 cm³/mol. The average molecular weight is 413 g/mol. The largest absolute Gasteiger partial charge is 0.481 e. The molecule has 0 fully saturated rings. The molecule has 0 radical (unpaired) electrons. The minimum Gasteiger partial charge on any atom is -0.481 e. The second-order valence-electron chi connectivity index (χ2n) is 5.65. The fourth-order valence-electron chi connectivity index (χ4n) is 2.61. The molecular formula is C17H18BrFN2O2S. The molecule has 2 aromatic rings. The molecule has 128 valence electrons. The molecule has 4 nitrogen and oxygen atoms in total. The number of aryl methyl sites for hydroxylation is 2. The number of hydrogen-bond donors (Lipinski definition) is 1. The van der Waals surface area contributed by atoms with E-state index in [0.29, 0.717) is 11.0 Å². The number of carbonyl (C=O) groups is 1. The highest BCUT2D eigenvalue weighted by Gasteiger charge is 2.15. The Morgan fingerprint density at radius 3 is 3.00 bits per heavy atom. The molecule has 0 atom stereocenters. The van der Waals surface area contributed by atoms with Crippen LogP contribution >= 0.6 is 27.3 Å². The van der Waals surface area contributed by atoms with Crippen molar-refractivity contribution in [2.24, 2.45) is 0 Å². The number of fused-ring (bicyclic) bond motifs is 1. The lowest BCUT2D eigenvalue weighted by atomic mass is 10.0. The summed E-state index contributed by atoms with van der Waals surface area (Å²) >= 11 is 4.93. The minimum atomic E-state index is -0.495. The zero-order chi connectivity index (χ0) is 16.9. The molecule has 1 aliphatic carbocycles. The summed E-state index contributed by atoms with van der Waals surface area (Å²) in [7, 11) is 0. The van der Waals surface area contributed by atoms with Gasteiger partial charge in [-0.3, -0.25) is 4.79 Å². The van der Waals surface area contributed by atoms with Crippen LogP contribution in [0.25, 0.3) is 0 Å². The Kier molecular flexibility index (Phi) is 5.84. The van der Waals surface area contributed by atoms with Gasteiger partial charge in [0.2, 0.25) is 0 Å². The lowest BCUT2D eigenvalue weighted by molar-refractivity contribution is -0.123. The molecule has 7 heteroatoms. The summed E-state index contributed by atoms with van der Waals surface area (Å²) in [6.45, 7) is 0.310. The molecular weight excluding hydrogens is 395 g/mol. The zero-order valence-corrected chi connectivity index (χ0v) is 15.5. The van der Waals surface area contributed by atoms with Crippen molar-refractivity contribution >= 4 is 33.2 Å². The Hall–Kier alpha value is -1.47. The van der Waals surface area contributed by atoms with Gasteiger partial charge in [-0.1, -0.05) is 15.9 Å². The number of nitrogens with zero attached hydrogens (tertiary/aromatic N) is 1. The quantitative estimate of drug-likeness (QED) is 0.787. The molecule has 1 aliphatic rings. The van der Waals surface area contributed by atoms with Crippen LogP contribution in [-0.2, 0) is 24.1 Å². The number of ether oxygens (including phenoxy) is 1. The van der Waals surface area contributed by atoms with Gasteiger partial charge in [-0.15, -0.1) is 11.3 Å². The molecule has 0 saturated carbocycles. The second kappa shape index (κ2) is 8.07. The molecule has 0 unspecified atom stereocenters. The van der Waals surface area contributed by atoms with Crippen LogP contribution in [0, 0.1) is 5.82 Å². The van der Waals surface area contributed by atoms with Gasteiger partial charge in [0.1, 0.15) is 0 Å². The SMILES string of the molecule is O=C(COc1ccc(Br)cc1F)NCCc1nc2c(s1)CCCC2. The van der Waals surface area contributed by atoms with Crippen molar-refractivity contribution in [2.45, 2.75) is 32.1 Å². The first-order valence-corrected chi connectivity index (χ1v) is 9.55. The van der Waals surface area contributed by atoms with Crippen molar-refractivity contribution in [1.82, 2.24) is 10.3 Å². The van der Waals surface area contributed by atoms with Gasteiger partial charge in [0.25, 0.3) is 5.91 Å². The van der Waals surface area contributed by atoms with Gasteiger partial charge < -0.3 is 10.1 Å². The fourth-order valence-corrected chi connectivity index (χ4v) is 4.10. The van der Waals surface area contributed by atoms with E-state index in [1.54, 1.807) is 17.4 Å². The molecule has 0 saturated heterocycles. The van der Waals surface area contributed by atoms with Crippen LogP contribution in [0.2, 0.25) is 0 Å². The number of hydrogen-bond acceptors (Lipinski definition) is 4. The van der Waals surface area contributed by atoms with Crippen molar-refractivity contribution in [1.29, 1.82) is 0 Å². The number of nitrogens with one attached hydrogen (secondary N) is 1. The van der Waals surface area contributed by atoms with E-state index in [1.807, 2.05) is 0 Å². The molecule has 0 bridgehead atoms. The van der Waals surface area contributed by atoms with Crippen molar-refractivity contribution in [3.8, 4) is 5.75 Å². The van der Waals surface area contributed by atoms with Crippen LogP contribution in [0.1, 0.15) is 28.4 Å². The Labute approximate surface area is 152 Å². The van der Waals surface area contributed by atoms with Gasteiger partial charge in [0, 0.05) is 22.3 Å². The lowest BCUT2D eigenvalue weighted by Crippen LogP contribution is -2.30. The van der Waals surface area contributed by atoms with E-state index >= 15 is 0 Å². The van der Waals surface area contributed by atoms with E-state index in [2.05, 4.69) is 26.2 Å². The lowest BCUT2D eigenvalue weighted by Gasteiger charge is -2.08. The van der Waals surface area contributed by atoms with Crippen molar-refractivity contribution in [3.63, 3.8) is 0 Å². The first-order chi connectivity index (χ1) is 11.6. The number of carbonyl (C=O) groups excluding carboxylic acids is 1. The van der Waals surface area contributed by atoms with E-state index in [4.69, 9.17) is 4.74 Å². The van der Waals surface area contributed by atoms with E-state index in [9.17, 15) is 9.18 Å². The fraction of sp³-hybridized carbons (Fsp3) is 0.412. The molecule has 0 spiro atoms. The van der Waals surface area contributed by atoms with Crippen LogP contribution in [-0.4, -0.2) is 24.0 Å². The van der Waals surface area contributed by atoms with E-state index in [-0.39, 0.29) is 18.3 Å². The first kappa shape index (κ1) is 17.4. The monoisotopic (exact) mass is 412 g/mol. The Balaban J connectivity index is 1.41. The number of rotatable bonds is 6. The van der Waals surface area contributed by atoms with Crippen LogP contribution in [0.4, 0.5) is 4.39 Å². The number of amides is 1. The van der Waals surface area contributed by atoms with E-state index in [1.165, 1.54) is 35.5 Å². The highest BCUT2D eigenvalue weighted by molar-refractivity contribution is 9.10. The predicted octanol–water partition coefficient (Wildman–Crippen LogP) is 3.66. The number of halogens is 2. The maximum absolute atomic E-state index is 13.6. The number of aromatic nitrogens is 1. The molecule has 3 rings (SSSR count). The molecule has 1 heterocycles. The average Bonchev–Trinajstić information content (AvgIpc) is 2.96.